The minimum absolute atomic E-state index is 0.134. The predicted molar refractivity (Wildman–Crippen MR) is 103 cm³/mol. The van der Waals surface area contributed by atoms with Gasteiger partial charge in [0, 0.05) is 23.4 Å². The van der Waals surface area contributed by atoms with Crippen LogP contribution in [0.25, 0.3) is 11.3 Å². The Kier molecular flexibility index (Phi) is 5.98. The normalized spacial score (nSPS) is 11.1. The Morgan fingerprint density at radius 3 is 2.52 bits per heavy atom. The molecular formula is C21H22FN3O2. The van der Waals surface area contributed by atoms with Gasteiger partial charge in [0.25, 0.3) is 0 Å². The number of carbonyl (C=O) groups excluding carboxylic acids is 1. The molecule has 1 aromatic heterocycles. The Morgan fingerprint density at radius 1 is 1.15 bits per heavy atom. The van der Waals surface area contributed by atoms with Crippen molar-refractivity contribution in [2.75, 3.05) is 11.9 Å². The van der Waals surface area contributed by atoms with Crippen molar-refractivity contribution in [3.05, 3.63) is 72.2 Å². The summed E-state index contributed by atoms with van der Waals surface area (Å²) in [6.07, 6.45) is 0. The highest BCUT2D eigenvalue weighted by atomic mass is 19.1. The molecule has 0 unspecified atom stereocenters. The van der Waals surface area contributed by atoms with Crippen LogP contribution >= 0.6 is 0 Å². The first kappa shape index (κ1) is 18.8. The molecule has 0 saturated heterocycles. The number of anilines is 1. The van der Waals surface area contributed by atoms with Gasteiger partial charge in [0.15, 0.2) is 5.76 Å². The first-order valence-electron chi connectivity index (χ1n) is 8.82. The molecule has 2 aromatic carbocycles. The van der Waals surface area contributed by atoms with Crippen LogP contribution in [-0.2, 0) is 11.3 Å². The summed E-state index contributed by atoms with van der Waals surface area (Å²) in [6.45, 7) is 4.68. The van der Waals surface area contributed by atoms with E-state index >= 15 is 0 Å². The molecule has 0 fully saturated rings. The largest absolute Gasteiger partial charge is 0.359 e. The van der Waals surface area contributed by atoms with Crippen molar-refractivity contribution < 1.29 is 13.7 Å². The number of benzene rings is 2. The molecule has 5 nitrogen and oxygen atoms in total. The van der Waals surface area contributed by atoms with E-state index in [0.29, 0.717) is 18.0 Å². The molecule has 140 valence electrons. The maximum atomic E-state index is 13.0. The van der Waals surface area contributed by atoms with Gasteiger partial charge >= 0.3 is 0 Å². The van der Waals surface area contributed by atoms with Crippen LogP contribution < -0.4 is 5.32 Å². The topological polar surface area (TPSA) is 58.4 Å². The molecule has 0 saturated carbocycles. The van der Waals surface area contributed by atoms with Crippen LogP contribution in [0.1, 0.15) is 19.6 Å². The van der Waals surface area contributed by atoms with E-state index in [2.05, 4.69) is 10.5 Å². The first-order chi connectivity index (χ1) is 13.0. The third kappa shape index (κ3) is 5.24. The lowest BCUT2D eigenvalue weighted by molar-refractivity contribution is -0.117. The predicted octanol–water partition coefficient (Wildman–Crippen LogP) is 4.33. The number of rotatable bonds is 7. The molecule has 0 radical (unpaired) electrons. The maximum Gasteiger partial charge on any atom is 0.238 e. The fourth-order valence-corrected chi connectivity index (χ4v) is 2.67. The maximum absolute atomic E-state index is 13.0. The molecule has 3 rings (SSSR count). The second-order valence-corrected chi connectivity index (χ2v) is 6.60. The SMILES string of the molecule is CC(C)N(CC(=O)Nc1ccc(F)cc1)Cc1cc(-c2ccccc2)no1. The fourth-order valence-electron chi connectivity index (χ4n) is 2.67. The zero-order valence-electron chi connectivity index (χ0n) is 15.4. The van der Waals surface area contributed by atoms with Crippen LogP contribution in [0.4, 0.5) is 10.1 Å². The van der Waals surface area contributed by atoms with Gasteiger partial charge in [0.05, 0.1) is 13.1 Å². The first-order valence-corrected chi connectivity index (χ1v) is 8.82. The van der Waals surface area contributed by atoms with Crippen LogP contribution in [0.5, 0.6) is 0 Å². The van der Waals surface area contributed by atoms with Crippen LogP contribution in [0.3, 0.4) is 0 Å². The lowest BCUT2D eigenvalue weighted by Crippen LogP contribution is -2.37. The molecule has 0 bridgehead atoms. The third-order valence-corrected chi connectivity index (χ3v) is 4.19. The van der Waals surface area contributed by atoms with Crippen molar-refractivity contribution in [3.8, 4) is 11.3 Å². The van der Waals surface area contributed by atoms with Gasteiger partial charge in [0.1, 0.15) is 11.5 Å². The van der Waals surface area contributed by atoms with E-state index in [0.717, 1.165) is 11.3 Å². The average Bonchev–Trinajstić information content (AvgIpc) is 3.12. The van der Waals surface area contributed by atoms with Gasteiger partial charge in [-0.2, -0.15) is 0 Å². The number of aromatic nitrogens is 1. The fraction of sp³-hybridized carbons (Fsp3) is 0.238. The minimum atomic E-state index is -0.337. The van der Waals surface area contributed by atoms with E-state index in [1.54, 1.807) is 0 Å². The molecule has 0 aliphatic rings. The quantitative estimate of drug-likeness (QED) is 0.675. The molecule has 0 aliphatic carbocycles. The van der Waals surface area contributed by atoms with E-state index in [1.165, 1.54) is 24.3 Å². The van der Waals surface area contributed by atoms with Crippen molar-refractivity contribution >= 4 is 11.6 Å². The molecule has 0 atom stereocenters. The van der Waals surface area contributed by atoms with Crippen LogP contribution in [0.15, 0.2) is 65.2 Å². The summed E-state index contributed by atoms with van der Waals surface area (Å²) in [6, 6.07) is 17.5. The Hall–Kier alpha value is -2.99. The molecule has 27 heavy (non-hydrogen) atoms. The van der Waals surface area contributed by atoms with Gasteiger partial charge in [-0.15, -0.1) is 0 Å². The van der Waals surface area contributed by atoms with Crippen molar-refractivity contribution in [2.24, 2.45) is 0 Å². The lowest BCUT2D eigenvalue weighted by Gasteiger charge is -2.24. The summed E-state index contributed by atoms with van der Waals surface area (Å²) in [5, 5.41) is 6.89. The summed E-state index contributed by atoms with van der Waals surface area (Å²) in [5.74, 6) is 0.187. The van der Waals surface area contributed by atoms with Gasteiger partial charge < -0.3 is 9.84 Å². The van der Waals surface area contributed by atoms with E-state index in [4.69, 9.17) is 4.52 Å². The van der Waals surface area contributed by atoms with Gasteiger partial charge in [-0.25, -0.2) is 4.39 Å². The Balaban J connectivity index is 1.63. The highest BCUT2D eigenvalue weighted by molar-refractivity contribution is 5.92. The second kappa shape index (κ2) is 8.60. The number of nitrogens with one attached hydrogen (secondary N) is 1. The molecule has 1 N–H and O–H groups in total. The number of hydrogen-bond acceptors (Lipinski definition) is 4. The Labute approximate surface area is 157 Å². The van der Waals surface area contributed by atoms with Crippen molar-refractivity contribution in [1.29, 1.82) is 0 Å². The van der Waals surface area contributed by atoms with E-state index in [1.807, 2.05) is 55.1 Å². The van der Waals surface area contributed by atoms with Gasteiger partial charge in [-0.05, 0) is 38.1 Å². The van der Waals surface area contributed by atoms with Crippen LogP contribution in [-0.4, -0.2) is 28.6 Å². The molecule has 0 spiro atoms. The van der Waals surface area contributed by atoms with E-state index in [-0.39, 0.29) is 24.3 Å². The summed E-state index contributed by atoms with van der Waals surface area (Å²) in [5.41, 5.74) is 2.32. The third-order valence-electron chi connectivity index (χ3n) is 4.19. The molecule has 1 heterocycles. The highest BCUT2D eigenvalue weighted by Crippen LogP contribution is 2.20. The summed E-state index contributed by atoms with van der Waals surface area (Å²) in [7, 11) is 0. The molecule has 6 heteroatoms. The van der Waals surface area contributed by atoms with Crippen molar-refractivity contribution in [3.63, 3.8) is 0 Å². The molecular weight excluding hydrogens is 345 g/mol. The Bertz CT molecular complexity index is 876. The smallest absolute Gasteiger partial charge is 0.238 e. The molecule has 1 amide bonds. The zero-order chi connectivity index (χ0) is 19.2. The zero-order valence-corrected chi connectivity index (χ0v) is 15.4. The molecule has 0 aliphatic heterocycles. The lowest BCUT2D eigenvalue weighted by atomic mass is 10.1. The standard InChI is InChI=1S/C21H22FN3O2/c1-15(2)25(14-21(26)23-18-10-8-17(22)9-11-18)13-19-12-20(24-27-19)16-6-4-3-5-7-16/h3-12,15H,13-14H2,1-2H3,(H,23,26). The summed E-state index contributed by atoms with van der Waals surface area (Å²) < 4.78 is 18.4. The number of hydrogen-bond donors (Lipinski definition) is 1. The van der Waals surface area contributed by atoms with Gasteiger partial charge in [0.2, 0.25) is 5.91 Å². The summed E-state index contributed by atoms with van der Waals surface area (Å²) >= 11 is 0. The van der Waals surface area contributed by atoms with Crippen LogP contribution in [0, 0.1) is 5.82 Å². The van der Waals surface area contributed by atoms with Crippen molar-refractivity contribution in [1.82, 2.24) is 10.1 Å². The van der Waals surface area contributed by atoms with Gasteiger partial charge in [-0.3, -0.25) is 9.69 Å². The molecule has 3 aromatic rings. The van der Waals surface area contributed by atoms with E-state index < -0.39 is 0 Å². The van der Waals surface area contributed by atoms with Crippen LogP contribution in [0.2, 0.25) is 0 Å². The van der Waals surface area contributed by atoms with Crippen molar-refractivity contribution in [2.45, 2.75) is 26.4 Å². The Morgan fingerprint density at radius 2 is 1.85 bits per heavy atom. The van der Waals surface area contributed by atoms with E-state index in [9.17, 15) is 9.18 Å². The minimum Gasteiger partial charge on any atom is -0.359 e. The summed E-state index contributed by atoms with van der Waals surface area (Å²) in [4.78, 5) is 14.3. The monoisotopic (exact) mass is 367 g/mol. The number of carbonyl (C=O) groups is 1. The average molecular weight is 367 g/mol. The van der Waals surface area contributed by atoms with Gasteiger partial charge in [-0.1, -0.05) is 35.5 Å². The number of amides is 1. The number of nitrogens with zero attached hydrogens (tertiary/aromatic N) is 2. The number of halogens is 1. The second-order valence-electron chi connectivity index (χ2n) is 6.60. The highest BCUT2D eigenvalue weighted by Gasteiger charge is 2.17.